The lowest BCUT2D eigenvalue weighted by Crippen LogP contribution is -2.43. The van der Waals surface area contributed by atoms with E-state index in [9.17, 15) is 9.90 Å². The van der Waals surface area contributed by atoms with Crippen molar-refractivity contribution >= 4 is 6.03 Å². The molecule has 21 heavy (non-hydrogen) atoms. The highest BCUT2D eigenvalue weighted by Crippen LogP contribution is 2.24. The van der Waals surface area contributed by atoms with E-state index in [0.29, 0.717) is 18.4 Å². The highest BCUT2D eigenvalue weighted by Gasteiger charge is 2.25. The van der Waals surface area contributed by atoms with Gasteiger partial charge in [0.15, 0.2) is 0 Å². The summed E-state index contributed by atoms with van der Waals surface area (Å²) in [5.41, 5.74) is 0. The van der Waals surface area contributed by atoms with E-state index in [2.05, 4.69) is 24.5 Å². The molecule has 122 valence electrons. The molecule has 0 aromatic rings. The maximum atomic E-state index is 11.9. The molecule has 1 aliphatic carbocycles. The minimum absolute atomic E-state index is 0.0816. The number of carbonyl (C=O) groups is 1. The summed E-state index contributed by atoms with van der Waals surface area (Å²) in [4.78, 5) is 11.9. The van der Waals surface area contributed by atoms with Gasteiger partial charge >= 0.3 is 6.03 Å². The van der Waals surface area contributed by atoms with Crippen molar-refractivity contribution in [2.24, 2.45) is 11.8 Å². The fourth-order valence-electron chi connectivity index (χ4n) is 3.69. The Bertz CT molecular complexity index is 327. The minimum Gasteiger partial charge on any atom is -0.393 e. The molecule has 0 spiro atoms. The number of urea groups is 1. The molecule has 2 rings (SSSR count). The lowest BCUT2D eigenvalue weighted by atomic mass is 9.87. The Morgan fingerprint density at radius 2 is 1.67 bits per heavy atom. The van der Waals surface area contributed by atoms with Gasteiger partial charge in [-0.25, -0.2) is 4.79 Å². The molecule has 0 aromatic heterocycles. The number of aliphatic hydroxyl groups is 1. The molecule has 4 atom stereocenters. The summed E-state index contributed by atoms with van der Waals surface area (Å²) < 4.78 is 5.71. The SMILES string of the molecule is CC1CC(CNC(=O)NCC2CCCC(O)C2)CC(C)O1. The van der Waals surface area contributed by atoms with Crippen LogP contribution in [0.4, 0.5) is 4.79 Å². The van der Waals surface area contributed by atoms with Gasteiger partial charge in [0.05, 0.1) is 18.3 Å². The van der Waals surface area contributed by atoms with Crippen LogP contribution in [0.5, 0.6) is 0 Å². The van der Waals surface area contributed by atoms with Crippen molar-refractivity contribution in [3.63, 3.8) is 0 Å². The number of nitrogens with one attached hydrogen (secondary N) is 2. The molecule has 2 aliphatic rings. The third-order valence-electron chi connectivity index (χ3n) is 4.65. The molecule has 1 aliphatic heterocycles. The second kappa shape index (κ2) is 7.99. The maximum Gasteiger partial charge on any atom is 0.314 e. The highest BCUT2D eigenvalue weighted by atomic mass is 16.5. The number of aliphatic hydroxyl groups excluding tert-OH is 1. The van der Waals surface area contributed by atoms with Gasteiger partial charge in [-0.05, 0) is 57.8 Å². The summed E-state index contributed by atoms with van der Waals surface area (Å²) in [6.07, 6.45) is 6.30. The van der Waals surface area contributed by atoms with Crippen molar-refractivity contribution in [3.8, 4) is 0 Å². The standard InChI is InChI=1S/C16H30N2O3/c1-11-6-14(7-12(2)21-11)10-18-16(20)17-9-13-4-3-5-15(19)8-13/h11-15,19H,3-10H2,1-2H3,(H2,17,18,20). The molecule has 2 amide bonds. The first-order valence-corrected chi connectivity index (χ1v) is 8.38. The maximum absolute atomic E-state index is 11.9. The van der Waals surface area contributed by atoms with Crippen LogP contribution in [0.1, 0.15) is 52.4 Å². The molecular formula is C16H30N2O3. The van der Waals surface area contributed by atoms with E-state index in [1.807, 2.05) is 0 Å². The molecule has 1 saturated carbocycles. The topological polar surface area (TPSA) is 70.6 Å². The monoisotopic (exact) mass is 298 g/mol. The Morgan fingerprint density at radius 3 is 2.29 bits per heavy atom. The second-order valence-electron chi connectivity index (χ2n) is 6.87. The average molecular weight is 298 g/mol. The molecule has 5 heteroatoms. The first-order chi connectivity index (χ1) is 10.0. The quantitative estimate of drug-likeness (QED) is 0.744. The average Bonchev–Trinajstić information content (AvgIpc) is 2.42. The summed E-state index contributed by atoms with van der Waals surface area (Å²) >= 11 is 0. The van der Waals surface area contributed by atoms with Crippen LogP contribution in [0.15, 0.2) is 0 Å². The van der Waals surface area contributed by atoms with Gasteiger partial charge in [0.25, 0.3) is 0 Å². The summed E-state index contributed by atoms with van der Waals surface area (Å²) in [6.45, 7) is 5.58. The van der Waals surface area contributed by atoms with E-state index in [4.69, 9.17) is 4.74 Å². The predicted octanol–water partition coefficient (Wildman–Crippen LogP) is 2.04. The molecule has 0 bridgehead atoms. The molecule has 1 saturated heterocycles. The van der Waals surface area contributed by atoms with Gasteiger partial charge in [0.2, 0.25) is 0 Å². The fraction of sp³-hybridized carbons (Fsp3) is 0.938. The van der Waals surface area contributed by atoms with Crippen LogP contribution in [0.3, 0.4) is 0 Å². The van der Waals surface area contributed by atoms with Gasteiger partial charge in [0, 0.05) is 13.1 Å². The second-order valence-corrected chi connectivity index (χ2v) is 6.87. The molecule has 0 radical (unpaired) electrons. The lowest BCUT2D eigenvalue weighted by molar-refractivity contribution is -0.0511. The van der Waals surface area contributed by atoms with Crippen molar-refractivity contribution in [1.82, 2.24) is 10.6 Å². The first kappa shape index (κ1) is 16.6. The Balaban J connectivity index is 1.61. The number of amides is 2. The van der Waals surface area contributed by atoms with Gasteiger partial charge in [0.1, 0.15) is 0 Å². The Labute approximate surface area is 127 Å². The number of hydrogen-bond donors (Lipinski definition) is 3. The lowest BCUT2D eigenvalue weighted by Gasteiger charge is -2.32. The summed E-state index contributed by atoms with van der Waals surface area (Å²) in [7, 11) is 0. The summed E-state index contributed by atoms with van der Waals surface area (Å²) in [6, 6.07) is -0.0816. The number of carbonyl (C=O) groups excluding carboxylic acids is 1. The van der Waals surface area contributed by atoms with Crippen LogP contribution in [0, 0.1) is 11.8 Å². The molecule has 4 unspecified atom stereocenters. The largest absolute Gasteiger partial charge is 0.393 e. The van der Waals surface area contributed by atoms with Crippen LogP contribution < -0.4 is 10.6 Å². The Morgan fingerprint density at radius 1 is 1.05 bits per heavy atom. The zero-order chi connectivity index (χ0) is 15.2. The molecule has 3 N–H and O–H groups in total. The number of ether oxygens (including phenoxy) is 1. The van der Waals surface area contributed by atoms with E-state index in [1.165, 1.54) is 0 Å². The van der Waals surface area contributed by atoms with Gasteiger partial charge in [-0.1, -0.05) is 6.42 Å². The van der Waals surface area contributed by atoms with E-state index in [1.54, 1.807) is 0 Å². The van der Waals surface area contributed by atoms with Crippen molar-refractivity contribution in [3.05, 3.63) is 0 Å². The summed E-state index contributed by atoms with van der Waals surface area (Å²) in [5.74, 6) is 0.925. The number of rotatable bonds is 4. The zero-order valence-corrected chi connectivity index (χ0v) is 13.3. The van der Waals surface area contributed by atoms with Gasteiger partial charge in [-0.2, -0.15) is 0 Å². The fourth-order valence-corrected chi connectivity index (χ4v) is 3.69. The minimum atomic E-state index is -0.182. The molecule has 5 nitrogen and oxygen atoms in total. The van der Waals surface area contributed by atoms with Gasteiger partial charge in [-0.3, -0.25) is 0 Å². The van der Waals surface area contributed by atoms with Crippen LogP contribution in [-0.2, 0) is 4.74 Å². The zero-order valence-electron chi connectivity index (χ0n) is 13.3. The molecule has 2 fully saturated rings. The Hall–Kier alpha value is -0.810. The third-order valence-corrected chi connectivity index (χ3v) is 4.65. The van der Waals surface area contributed by atoms with Crippen LogP contribution in [0.25, 0.3) is 0 Å². The smallest absolute Gasteiger partial charge is 0.314 e. The molecular weight excluding hydrogens is 268 g/mol. The molecule has 0 aromatic carbocycles. The Kier molecular flexibility index (Phi) is 6.30. The van der Waals surface area contributed by atoms with Gasteiger partial charge < -0.3 is 20.5 Å². The normalized spacial score (nSPS) is 37.0. The first-order valence-electron chi connectivity index (χ1n) is 8.38. The van der Waals surface area contributed by atoms with E-state index >= 15 is 0 Å². The highest BCUT2D eigenvalue weighted by molar-refractivity contribution is 5.73. The van der Waals surface area contributed by atoms with Crippen LogP contribution in [-0.4, -0.2) is 42.5 Å². The van der Waals surface area contributed by atoms with Crippen LogP contribution >= 0.6 is 0 Å². The van der Waals surface area contributed by atoms with E-state index < -0.39 is 0 Å². The predicted molar refractivity (Wildman–Crippen MR) is 82.1 cm³/mol. The van der Waals surface area contributed by atoms with Crippen molar-refractivity contribution in [2.75, 3.05) is 13.1 Å². The van der Waals surface area contributed by atoms with E-state index in [-0.39, 0.29) is 24.3 Å². The van der Waals surface area contributed by atoms with Crippen molar-refractivity contribution in [1.29, 1.82) is 0 Å². The number of hydrogen-bond acceptors (Lipinski definition) is 3. The molecule has 1 heterocycles. The van der Waals surface area contributed by atoms with Crippen molar-refractivity contribution < 1.29 is 14.6 Å². The third kappa shape index (κ3) is 5.83. The summed E-state index contributed by atoms with van der Waals surface area (Å²) in [5, 5.41) is 15.5. The van der Waals surface area contributed by atoms with Crippen LogP contribution in [0.2, 0.25) is 0 Å². The van der Waals surface area contributed by atoms with E-state index in [0.717, 1.165) is 45.1 Å². The van der Waals surface area contributed by atoms with Crippen molar-refractivity contribution in [2.45, 2.75) is 70.7 Å². The van der Waals surface area contributed by atoms with Gasteiger partial charge in [-0.15, -0.1) is 0 Å².